The molecular formula is C14H19FN2O. The van der Waals surface area contributed by atoms with Crippen LogP contribution in [-0.2, 0) is 6.42 Å². The number of halogens is 1. The van der Waals surface area contributed by atoms with Crippen molar-refractivity contribution in [1.29, 1.82) is 0 Å². The maximum Gasteiger partial charge on any atom is 0.123 e. The minimum Gasteiger partial charge on any atom is -0.488 e. The molecule has 1 aromatic rings. The van der Waals surface area contributed by atoms with E-state index in [4.69, 9.17) is 4.74 Å². The molecule has 0 radical (unpaired) electrons. The minimum atomic E-state index is -0.173. The number of piperazine rings is 1. The number of rotatable bonds is 2. The van der Waals surface area contributed by atoms with Gasteiger partial charge in [0, 0.05) is 44.2 Å². The van der Waals surface area contributed by atoms with Gasteiger partial charge in [-0.25, -0.2) is 4.39 Å². The molecule has 0 aromatic heterocycles. The topological polar surface area (TPSA) is 24.5 Å². The molecule has 2 aliphatic heterocycles. The van der Waals surface area contributed by atoms with Crippen molar-refractivity contribution in [2.45, 2.75) is 25.5 Å². The van der Waals surface area contributed by atoms with Crippen LogP contribution >= 0.6 is 0 Å². The summed E-state index contributed by atoms with van der Waals surface area (Å²) in [6.45, 7) is 6.30. The van der Waals surface area contributed by atoms with Crippen molar-refractivity contribution in [2.75, 3.05) is 26.2 Å². The second kappa shape index (κ2) is 4.86. The molecule has 2 unspecified atom stereocenters. The quantitative estimate of drug-likeness (QED) is 0.859. The standard InChI is InChI=1S/C14H19FN2O/c1-10-8-16-4-5-17(10)9-13-7-11-6-12(15)2-3-14(11)18-13/h2-3,6,10,13,16H,4-5,7-9H2,1H3. The summed E-state index contributed by atoms with van der Waals surface area (Å²) in [5, 5.41) is 3.38. The molecule has 2 aliphatic rings. The lowest BCUT2D eigenvalue weighted by Gasteiger charge is -2.35. The Hall–Kier alpha value is -1.13. The fourth-order valence-corrected chi connectivity index (χ4v) is 2.81. The van der Waals surface area contributed by atoms with Gasteiger partial charge >= 0.3 is 0 Å². The highest BCUT2D eigenvalue weighted by atomic mass is 19.1. The maximum atomic E-state index is 13.1. The van der Waals surface area contributed by atoms with E-state index in [9.17, 15) is 4.39 Å². The van der Waals surface area contributed by atoms with Gasteiger partial charge in [0.2, 0.25) is 0 Å². The number of benzene rings is 1. The van der Waals surface area contributed by atoms with Crippen LogP contribution in [0, 0.1) is 5.82 Å². The Balaban J connectivity index is 1.63. The second-order valence-electron chi connectivity index (χ2n) is 5.24. The van der Waals surface area contributed by atoms with E-state index < -0.39 is 0 Å². The SMILES string of the molecule is CC1CNCCN1CC1Cc2cc(F)ccc2O1. The van der Waals surface area contributed by atoms with Crippen molar-refractivity contribution in [2.24, 2.45) is 0 Å². The zero-order valence-electron chi connectivity index (χ0n) is 10.7. The minimum absolute atomic E-state index is 0.169. The van der Waals surface area contributed by atoms with Crippen LogP contribution in [0.5, 0.6) is 5.75 Å². The Morgan fingerprint density at radius 1 is 1.50 bits per heavy atom. The highest BCUT2D eigenvalue weighted by Crippen LogP contribution is 2.29. The molecule has 1 fully saturated rings. The molecule has 2 atom stereocenters. The number of hydrogen-bond acceptors (Lipinski definition) is 3. The molecule has 3 nitrogen and oxygen atoms in total. The number of ether oxygens (including phenoxy) is 1. The molecule has 0 amide bonds. The van der Waals surface area contributed by atoms with E-state index in [2.05, 4.69) is 17.1 Å². The first-order chi connectivity index (χ1) is 8.72. The molecule has 0 aliphatic carbocycles. The van der Waals surface area contributed by atoms with Gasteiger partial charge in [0.25, 0.3) is 0 Å². The van der Waals surface area contributed by atoms with Crippen LogP contribution in [0.15, 0.2) is 18.2 Å². The van der Waals surface area contributed by atoms with Crippen molar-refractivity contribution in [3.63, 3.8) is 0 Å². The lowest BCUT2D eigenvalue weighted by Crippen LogP contribution is -2.52. The van der Waals surface area contributed by atoms with E-state index in [0.717, 1.165) is 43.9 Å². The Kier molecular flexibility index (Phi) is 3.22. The molecule has 3 rings (SSSR count). The fourth-order valence-electron chi connectivity index (χ4n) is 2.81. The smallest absolute Gasteiger partial charge is 0.123 e. The third-order valence-corrected chi connectivity index (χ3v) is 3.84. The first-order valence-electron chi connectivity index (χ1n) is 6.62. The summed E-state index contributed by atoms with van der Waals surface area (Å²) in [6, 6.07) is 5.35. The average molecular weight is 250 g/mol. The van der Waals surface area contributed by atoms with Gasteiger partial charge in [-0.1, -0.05) is 0 Å². The predicted molar refractivity (Wildman–Crippen MR) is 68.4 cm³/mol. The van der Waals surface area contributed by atoms with Gasteiger partial charge in [-0.15, -0.1) is 0 Å². The van der Waals surface area contributed by atoms with Crippen LogP contribution in [0.2, 0.25) is 0 Å². The van der Waals surface area contributed by atoms with Crippen LogP contribution < -0.4 is 10.1 Å². The van der Waals surface area contributed by atoms with Crippen LogP contribution in [0.25, 0.3) is 0 Å². The van der Waals surface area contributed by atoms with Crippen LogP contribution in [-0.4, -0.2) is 43.2 Å². The van der Waals surface area contributed by atoms with Crippen molar-refractivity contribution in [3.05, 3.63) is 29.6 Å². The molecule has 1 N–H and O–H groups in total. The first-order valence-corrected chi connectivity index (χ1v) is 6.62. The number of nitrogens with one attached hydrogen (secondary N) is 1. The molecule has 1 saturated heterocycles. The normalized spacial score (nSPS) is 27.9. The Labute approximate surface area is 107 Å². The molecular weight excluding hydrogens is 231 g/mol. The summed E-state index contributed by atoms with van der Waals surface area (Å²) in [7, 11) is 0. The summed E-state index contributed by atoms with van der Waals surface area (Å²) < 4.78 is 19.0. The van der Waals surface area contributed by atoms with Gasteiger partial charge in [0.05, 0.1) is 0 Å². The zero-order chi connectivity index (χ0) is 12.5. The van der Waals surface area contributed by atoms with Crippen LogP contribution in [0.1, 0.15) is 12.5 Å². The molecule has 2 heterocycles. The summed E-state index contributed by atoms with van der Waals surface area (Å²) >= 11 is 0. The van der Waals surface area contributed by atoms with Crippen molar-refractivity contribution in [1.82, 2.24) is 10.2 Å². The molecule has 0 saturated carbocycles. The van der Waals surface area contributed by atoms with Gasteiger partial charge in [-0.05, 0) is 25.1 Å². The lowest BCUT2D eigenvalue weighted by atomic mass is 10.1. The lowest BCUT2D eigenvalue weighted by molar-refractivity contribution is 0.106. The van der Waals surface area contributed by atoms with E-state index in [-0.39, 0.29) is 11.9 Å². The maximum absolute atomic E-state index is 13.1. The summed E-state index contributed by atoms with van der Waals surface area (Å²) in [5.41, 5.74) is 1.00. The molecule has 4 heteroatoms. The van der Waals surface area contributed by atoms with Crippen LogP contribution in [0.3, 0.4) is 0 Å². The molecule has 18 heavy (non-hydrogen) atoms. The Morgan fingerprint density at radius 2 is 2.39 bits per heavy atom. The molecule has 0 bridgehead atoms. The Morgan fingerprint density at radius 3 is 3.22 bits per heavy atom. The van der Waals surface area contributed by atoms with Crippen molar-refractivity contribution >= 4 is 0 Å². The Bertz CT molecular complexity index is 438. The van der Waals surface area contributed by atoms with E-state index >= 15 is 0 Å². The molecule has 1 aromatic carbocycles. The third-order valence-electron chi connectivity index (χ3n) is 3.84. The fraction of sp³-hybridized carbons (Fsp3) is 0.571. The van der Waals surface area contributed by atoms with E-state index in [1.165, 1.54) is 6.07 Å². The van der Waals surface area contributed by atoms with Gasteiger partial charge in [-0.2, -0.15) is 0 Å². The van der Waals surface area contributed by atoms with Gasteiger partial charge < -0.3 is 10.1 Å². The number of hydrogen-bond donors (Lipinski definition) is 1. The number of nitrogens with zero attached hydrogens (tertiary/aromatic N) is 1. The summed E-state index contributed by atoms with van der Waals surface area (Å²) in [6.07, 6.45) is 0.992. The van der Waals surface area contributed by atoms with Crippen LogP contribution in [0.4, 0.5) is 4.39 Å². The highest BCUT2D eigenvalue weighted by Gasteiger charge is 2.27. The summed E-state index contributed by atoms with van der Waals surface area (Å²) in [4.78, 5) is 2.45. The first kappa shape index (κ1) is 11.9. The molecule has 98 valence electrons. The molecule has 0 spiro atoms. The van der Waals surface area contributed by atoms with Crippen molar-refractivity contribution in [3.8, 4) is 5.75 Å². The van der Waals surface area contributed by atoms with Gasteiger partial charge in [0.15, 0.2) is 0 Å². The third kappa shape index (κ3) is 2.35. The zero-order valence-corrected chi connectivity index (χ0v) is 10.7. The van der Waals surface area contributed by atoms with E-state index in [1.54, 1.807) is 12.1 Å². The average Bonchev–Trinajstić information content (AvgIpc) is 2.73. The van der Waals surface area contributed by atoms with E-state index in [0.29, 0.717) is 6.04 Å². The number of fused-ring (bicyclic) bond motifs is 1. The van der Waals surface area contributed by atoms with Crippen molar-refractivity contribution < 1.29 is 9.13 Å². The highest BCUT2D eigenvalue weighted by molar-refractivity contribution is 5.37. The monoisotopic (exact) mass is 250 g/mol. The second-order valence-corrected chi connectivity index (χ2v) is 5.24. The van der Waals surface area contributed by atoms with Gasteiger partial charge in [0.1, 0.15) is 17.7 Å². The largest absolute Gasteiger partial charge is 0.488 e. The van der Waals surface area contributed by atoms with E-state index in [1.807, 2.05) is 0 Å². The summed E-state index contributed by atoms with van der Waals surface area (Å²) in [5.74, 6) is 0.678. The predicted octanol–water partition coefficient (Wildman–Crippen LogP) is 1.42. The van der Waals surface area contributed by atoms with Gasteiger partial charge in [-0.3, -0.25) is 4.90 Å².